The molecule has 0 aromatic carbocycles. The second-order valence-corrected chi connectivity index (χ2v) is 3.83. The Morgan fingerprint density at radius 2 is 1.93 bits per heavy atom. The number of hydrogen-bond acceptors (Lipinski definition) is 2. The highest BCUT2D eigenvalue weighted by molar-refractivity contribution is 5.55. The van der Waals surface area contributed by atoms with E-state index >= 15 is 0 Å². The second-order valence-electron chi connectivity index (χ2n) is 3.83. The van der Waals surface area contributed by atoms with Gasteiger partial charge in [0.15, 0.2) is 0 Å². The summed E-state index contributed by atoms with van der Waals surface area (Å²) in [6.07, 6.45) is 6.74. The fourth-order valence-corrected chi connectivity index (χ4v) is 0.945. The maximum Gasteiger partial charge on any atom is 0.0902 e. The maximum absolute atomic E-state index is 4.12. The third-order valence-electron chi connectivity index (χ3n) is 2.28. The minimum absolute atomic E-state index is 0.618. The quantitative estimate of drug-likeness (QED) is 0.478. The summed E-state index contributed by atoms with van der Waals surface area (Å²) in [5, 5.41) is 0. The second kappa shape index (κ2) is 7.56. The molecular weight excluding hydrogens is 174 g/mol. The van der Waals surface area contributed by atoms with Crippen LogP contribution in [0.2, 0.25) is 0 Å². The van der Waals surface area contributed by atoms with Crippen molar-refractivity contribution in [3.63, 3.8) is 0 Å². The molecule has 0 aromatic heterocycles. The van der Waals surface area contributed by atoms with Crippen LogP contribution in [0, 0.1) is 0 Å². The van der Waals surface area contributed by atoms with Crippen molar-refractivity contribution in [1.29, 1.82) is 0 Å². The van der Waals surface area contributed by atoms with Gasteiger partial charge in [-0.2, -0.15) is 0 Å². The summed E-state index contributed by atoms with van der Waals surface area (Å²) < 4.78 is 0. The lowest BCUT2D eigenvalue weighted by molar-refractivity contribution is 0.282. The van der Waals surface area contributed by atoms with Gasteiger partial charge in [0.25, 0.3) is 0 Å². The first-order valence-electron chi connectivity index (χ1n) is 5.09. The Hall–Kier alpha value is -0.830. The van der Waals surface area contributed by atoms with E-state index in [4.69, 9.17) is 0 Å². The van der Waals surface area contributed by atoms with Crippen LogP contribution in [0.4, 0.5) is 0 Å². The molecule has 0 fully saturated rings. The summed E-state index contributed by atoms with van der Waals surface area (Å²) in [7, 11) is 6.27. The third-order valence-corrected chi connectivity index (χ3v) is 2.28. The molecule has 1 atom stereocenters. The van der Waals surface area contributed by atoms with Gasteiger partial charge in [-0.15, -0.1) is 0 Å². The highest BCUT2D eigenvalue weighted by Gasteiger charge is 2.04. The molecule has 0 aliphatic heterocycles. The minimum Gasteiger partial charge on any atom is -0.366 e. The molecule has 0 aliphatic carbocycles. The molecule has 82 valence electrons. The number of hydrogen-bond donors (Lipinski definition) is 0. The number of aliphatic imine (C=N–C) groups is 1. The van der Waals surface area contributed by atoms with Crippen LogP contribution >= 0.6 is 0 Å². The van der Waals surface area contributed by atoms with Gasteiger partial charge >= 0.3 is 0 Å². The molecule has 0 heterocycles. The highest BCUT2D eigenvalue weighted by atomic mass is 15.1. The van der Waals surface area contributed by atoms with Crippen molar-refractivity contribution in [2.45, 2.75) is 26.3 Å². The van der Waals surface area contributed by atoms with Gasteiger partial charge in [-0.05, 0) is 34.4 Å². The van der Waals surface area contributed by atoms with E-state index in [9.17, 15) is 0 Å². The van der Waals surface area contributed by atoms with E-state index in [2.05, 4.69) is 42.9 Å². The van der Waals surface area contributed by atoms with Crippen molar-refractivity contribution >= 4 is 6.34 Å². The van der Waals surface area contributed by atoms with Crippen LogP contribution in [0.1, 0.15) is 20.3 Å². The SMILES string of the molecule is C/C=C/N=C/N(C)CCC(C)N(C)C. The smallest absolute Gasteiger partial charge is 0.0902 e. The van der Waals surface area contributed by atoms with Gasteiger partial charge in [-0.1, -0.05) is 6.08 Å². The number of nitrogens with zero attached hydrogens (tertiary/aromatic N) is 3. The summed E-state index contributed by atoms with van der Waals surface area (Å²) >= 11 is 0. The first-order valence-corrected chi connectivity index (χ1v) is 5.09. The normalized spacial score (nSPS) is 14.4. The van der Waals surface area contributed by atoms with Crippen LogP contribution in [-0.2, 0) is 0 Å². The highest BCUT2D eigenvalue weighted by Crippen LogP contribution is 1.98. The summed E-state index contributed by atoms with van der Waals surface area (Å²) in [6, 6.07) is 0.618. The molecular formula is C11H23N3. The lowest BCUT2D eigenvalue weighted by Crippen LogP contribution is -2.29. The minimum atomic E-state index is 0.618. The van der Waals surface area contributed by atoms with Gasteiger partial charge in [0.1, 0.15) is 0 Å². The van der Waals surface area contributed by atoms with Crippen molar-refractivity contribution < 1.29 is 0 Å². The summed E-state index contributed by atoms with van der Waals surface area (Å²) in [5.41, 5.74) is 0. The molecule has 0 saturated heterocycles. The Kier molecular flexibility index (Phi) is 7.11. The Morgan fingerprint density at radius 1 is 1.29 bits per heavy atom. The molecule has 0 aliphatic rings. The topological polar surface area (TPSA) is 18.8 Å². The predicted octanol–water partition coefficient (Wildman–Crippen LogP) is 1.82. The summed E-state index contributed by atoms with van der Waals surface area (Å²) in [4.78, 5) is 8.46. The van der Waals surface area contributed by atoms with Crippen molar-refractivity contribution in [3.8, 4) is 0 Å². The zero-order chi connectivity index (χ0) is 11.0. The fraction of sp³-hybridized carbons (Fsp3) is 0.727. The average molecular weight is 197 g/mol. The standard InChI is InChI=1S/C11H23N3/c1-6-8-12-10-14(5)9-7-11(2)13(3)4/h6,8,10-11H,7,9H2,1-5H3/b8-6+,12-10+. The van der Waals surface area contributed by atoms with Crippen LogP contribution < -0.4 is 0 Å². The lowest BCUT2D eigenvalue weighted by atomic mass is 10.2. The van der Waals surface area contributed by atoms with E-state index in [1.54, 1.807) is 6.20 Å². The lowest BCUT2D eigenvalue weighted by Gasteiger charge is -2.22. The summed E-state index contributed by atoms with van der Waals surface area (Å²) in [6.45, 7) is 5.24. The van der Waals surface area contributed by atoms with E-state index in [-0.39, 0.29) is 0 Å². The van der Waals surface area contributed by atoms with Crippen molar-refractivity contribution in [1.82, 2.24) is 9.80 Å². The average Bonchev–Trinajstić information content (AvgIpc) is 2.14. The Labute approximate surface area is 88.1 Å². The van der Waals surface area contributed by atoms with Crippen LogP contribution in [0.5, 0.6) is 0 Å². The zero-order valence-corrected chi connectivity index (χ0v) is 10.1. The van der Waals surface area contributed by atoms with Gasteiger partial charge in [0.2, 0.25) is 0 Å². The molecule has 1 unspecified atom stereocenters. The van der Waals surface area contributed by atoms with Crippen molar-refractivity contribution in [2.75, 3.05) is 27.7 Å². The molecule has 0 rings (SSSR count). The van der Waals surface area contributed by atoms with Gasteiger partial charge in [0.05, 0.1) is 6.34 Å². The molecule has 3 heteroatoms. The van der Waals surface area contributed by atoms with Crippen LogP contribution in [-0.4, -0.2) is 49.9 Å². The van der Waals surface area contributed by atoms with E-state index < -0.39 is 0 Å². The van der Waals surface area contributed by atoms with Gasteiger partial charge in [-0.25, -0.2) is 4.99 Å². The molecule has 14 heavy (non-hydrogen) atoms. The first-order chi connectivity index (χ1) is 6.57. The van der Waals surface area contributed by atoms with E-state index in [0.29, 0.717) is 6.04 Å². The molecule has 0 aromatic rings. The Morgan fingerprint density at radius 3 is 2.43 bits per heavy atom. The monoisotopic (exact) mass is 197 g/mol. The van der Waals surface area contributed by atoms with Crippen molar-refractivity contribution in [2.24, 2.45) is 4.99 Å². The largest absolute Gasteiger partial charge is 0.366 e. The molecule has 0 amide bonds. The number of allylic oxidation sites excluding steroid dienone is 1. The van der Waals surface area contributed by atoms with Gasteiger partial charge < -0.3 is 9.80 Å². The maximum atomic E-state index is 4.12. The molecule has 3 nitrogen and oxygen atoms in total. The van der Waals surface area contributed by atoms with E-state index in [1.165, 1.54) is 0 Å². The van der Waals surface area contributed by atoms with Crippen LogP contribution in [0.25, 0.3) is 0 Å². The van der Waals surface area contributed by atoms with Gasteiger partial charge in [0, 0.05) is 25.8 Å². The molecule has 0 bridgehead atoms. The Bertz CT molecular complexity index is 185. The predicted molar refractivity (Wildman–Crippen MR) is 63.7 cm³/mol. The zero-order valence-electron chi connectivity index (χ0n) is 10.1. The molecule has 0 radical (unpaired) electrons. The number of rotatable bonds is 6. The van der Waals surface area contributed by atoms with Gasteiger partial charge in [-0.3, -0.25) is 0 Å². The van der Waals surface area contributed by atoms with Crippen LogP contribution in [0.3, 0.4) is 0 Å². The van der Waals surface area contributed by atoms with E-state index in [1.807, 2.05) is 19.3 Å². The molecule has 0 saturated carbocycles. The third kappa shape index (κ3) is 6.66. The molecule has 0 N–H and O–H groups in total. The Balaban J connectivity index is 3.68. The summed E-state index contributed by atoms with van der Waals surface area (Å²) in [5.74, 6) is 0. The fourth-order valence-electron chi connectivity index (χ4n) is 0.945. The van der Waals surface area contributed by atoms with E-state index in [0.717, 1.165) is 13.0 Å². The van der Waals surface area contributed by atoms with Crippen LogP contribution in [0.15, 0.2) is 17.3 Å². The van der Waals surface area contributed by atoms with Crippen molar-refractivity contribution in [3.05, 3.63) is 12.3 Å². The first kappa shape index (κ1) is 13.2. The molecule has 0 spiro atoms.